The van der Waals surface area contributed by atoms with Gasteiger partial charge in [-0.1, -0.05) is 17.3 Å². The SMILES string of the molecule is COc1cc(C#Cc2sc(NC(=O)NCC(C)OCC3CC3)nc2C)ccn1. The zero-order valence-electron chi connectivity index (χ0n) is 16.2. The van der Waals surface area contributed by atoms with Gasteiger partial charge in [-0.2, -0.15) is 0 Å². The molecule has 2 aromatic heterocycles. The second-order valence-corrected chi connectivity index (χ2v) is 7.69. The quantitative estimate of drug-likeness (QED) is 0.697. The summed E-state index contributed by atoms with van der Waals surface area (Å²) in [5.74, 6) is 7.38. The van der Waals surface area contributed by atoms with Crippen LogP contribution in [0.25, 0.3) is 0 Å². The van der Waals surface area contributed by atoms with Crippen LogP contribution in [0, 0.1) is 24.7 Å². The Labute approximate surface area is 168 Å². The number of hydrogen-bond donors (Lipinski definition) is 2. The Bertz CT molecular complexity index is 883. The van der Waals surface area contributed by atoms with Crippen LogP contribution in [0.5, 0.6) is 5.88 Å². The molecule has 2 heterocycles. The molecule has 8 heteroatoms. The molecule has 1 aliphatic carbocycles. The molecule has 2 aromatic rings. The first-order valence-electron chi connectivity index (χ1n) is 9.19. The van der Waals surface area contributed by atoms with Crippen LogP contribution in [0.3, 0.4) is 0 Å². The summed E-state index contributed by atoms with van der Waals surface area (Å²) in [5.41, 5.74) is 1.57. The summed E-state index contributed by atoms with van der Waals surface area (Å²) in [6.45, 7) is 5.06. The maximum atomic E-state index is 12.1. The van der Waals surface area contributed by atoms with Gasteiger partial charge in [0, 0.05) is 31.0 Å². The van der Waals surface area contributed by atoms with E-state index in [2.05, 4.69) is 32.4 Å². The molecule has 1 fully saturated rings. The number of ether oxygens (including phenoxy) is 2. The van der Waals surface area contributed by atoms with Crippen molar-refractivity contribution in [3.05, 3.63) is 34.5 Å². The predicted molar refractivity (Wildman–Crippen MR) is 109 cm³/mol. The third kappa shape index (κ3) is 6.22. The number of methoxy groups -OCH3 is 1. The number of carbonyl (C=O) groups excluding carboxylic acids is 1. The van der Waals surface area contributed by atoms with Gasteiger partial charge in [-0.3, -0.25) is 5.32 Å². The first-order valence-corrected chi connectivity index (χ1v) is 10.0. The summed E-state index contributed by atoms with van der Waals surface area (Å²) >= 11 is 1.34. The van der Waals surface area contributed by atoms with Crippen LogP contribution in [0.2, 0.25) is 0 Å². The van der Waals surface area contributed by atoms with Crippen molar-refractivity contribution in [2.24, 2.45) is 5.92 Å². The highest BCUT2D eigenvalue weighted by Gasteiger charge is 2.22. The third-order valence-corrected chi connectivity index (χ3v) is 5.13. The highest BCUT2D eigenvalue weighted by Crippen LogP contribution is 2.29. The van der Waals surface area contributed by atoms with E-state index in [9.17, 15) is 4.79 Å². The third-order valence-electron chi connectivity index (χ3n) is 4.14. The standard InChI is InChI=1S/C20H24N4O3S/c1-13(27-12-16-4-5-16)11-22-19(25)24-20-23-14(2)17(28-20)7-6-15-8-9-21-18(10-15)26-3/h8-10,13,16H,4-5,11-12H2,1-3H3,(H2,22,23,24,25). The fraction of sp³-hybridized carbons (Fsp3) is 0.450. The molecule has 1 saturated carbocycles. The number of carbonyl (C=O) groups is 1. The summed E-state index contributed by atoms with van der Waals surface area (Å²) in [6.07, 6.45) is 4.14. The number of pyridine rings is 1. The Morgan fingerprint density at radius 3 is 3.00 bits per heavy atom. The summed E-state index contributed by atoms with van der Waals surface area (Å²) in [4.78, 5) is 21.3. The lowest BCUT2D eigenvalue weighted by molar-refractivity contribution is 0.0601. The molecular weight excluding hydrogens is 376 g/mol. The van der Waals surface area contributed by atoms with E-state index >= 15 is 0 Å². The lowest BCUT2D eigenvalue weighted by Crippen LogP contribution is -2.35. The molecular formula is C20H24N4O3S. The fourth-order valence-corrected chi connectivity index (χ4v) is 3.13. The largest absolute Gasteiger partial charge is 0.481 e. The molecule has 2 N–H and O–H groups in total. The van der Waals surface area contributed by atoms with Crippen molar-refractivity contribution < 1.29 is 14.3 Å². The Morgan fingerprint density at radius 2 is 2.25 bits per heavy atom. The molecule has 3 rings (SSSR count). The maximum Gasteiger partial charge on any atom is 0.321 e. The lowest BCUT2D eigenvalue weighted by atomic mass is 10.2. The van der Waals surface area contributed by atoms with Crippen molar-refractivity contribution in [3.63, 3.8) is 0 Å². The minimum atomic E-state index is -0.297. The van der Waals surface area contributed by atoms with Gasteiger partial charge in [0.15, 0.2) is 5.13 Å². The van der Waals surface area contributed by atoms with Crippen LogP contribution in [0.15, 0.2) is 18.3 Å². The lowest BCUT2D eigenvalue weighted by Gasteiger charge is -2.13. The van der Waals surface area contributed by atoms with E-state index in [1.54, 1.807) is 19.4 Å². The normalized spacial score (nSPS) is 14.0. The molecule has 0 radical (unpaired) electrons. The zero-order chi connectivity index (χ0) is 19.9. The molecule has 1 aliphatic rings. The summed E-state index contributed by atoms with van der Waals surface area (Å²) in [5, 5.41) is 6.08. The van der Waals surface area contributed by atoms with Gasteiger partial charge < -0.3 is 14.8 Å². The number of aromatic nitrogens is 2. The topological polar surface area (TPSA) is 85.4 Å². The number of thiazole rings is 1. The molecule has 0 saturated heterocycles. The molecule has 0 aromatic carbocycles. The van der Waals surface area contributed by atoms with Crippen LogP contribution in [0.1, 0.15) is 35.9 Å². The van der Waals surface area contributed by atoms with Gasteiger partial charge >= 0.3 is 6.03 Å². The summed E-state index contributed by atoms with van der Waals surface area (Å²) in [6, 6.07) is 3.28. The van der Waals surface area contributed by atoms with Crippen molar-refractivity contribution in [2.45, 2.75) is 32.8 Å². The van der Waals surface area contributed by atoms with E-state index in [0.717, 1.165) is 22.7 Å². The van der Waals surface area contributed by atoms with Gasteiger partial charge in [-0.05, 0) is 44.6 Å². The number of nitrogens with one attached hydrogen (secondary N) is 2. The van der Waals surface area contributed by atoms with Crippen LogP contribution in [0.4, 0.5) is 9.93 Å². The smallest absolute Gasteiger partial charge is 0.321 e. The summed E-state index contributed by atoms with van der Waals surface area (Å²) in [7, 11) is 1.57. The molecule has 0 bridgehead atoms. The van der Waals surface area contributed by atoms with Crippen molar-refractivity contribution in [2.75, 3.05) is 25.6 Å². The van der Waals surface area contributed by atoms with Crippen LogP contribution in [-0.2, 0) is 4.74 Å². The summed E-state index contributed by atoms with van der Waals surface area (Å²) < 4.78 is 10.8. The van der Waals surface area contributed by atoms with E-state index in [0.29, 0.717) is 23.5 Å². The Balaban J connectivity index is 1.51. The van der Waals surface area contributed by atoms with Crippen LogP contribution in [-0.4, -0.2) is 42.4 Å². The second-order valence-electron chi connectivity index (χ2n) is 6.69. The minimum Gasteiger partial charge on any atom is -0.481 e. The molecule has 0 aliphatic heterocycles. The molecule has 28 heavy (non-hydrogen) atoms. The first kappa shape index (κ1) is 20.1. The van der Waals surface area contributed by atoms with Crippen molar-refractivity contribution in [1.82, 2.24) is 15.3 Å². The van der Waals surface area contributed by atoms with E-state index in [1.165, 1.54) is 24.2 Å². The number of rotatable bonds is 7. The Hall–Kier alpha value is -2.63. The van der Waals surface area contributed by atoms with E-state index < -0.39 is 0 Å². The number of urea groups is 1. The fourth-order valence-electron chi connectivity index (χ4n) is 2.32. The number of nitrogens with zero attached hydrogens (tertiary/aromatic N) is 2. The number of hydrogen-bond acceptors (Lipinski definition) is 6. The van der Waals surface area contributed by atoms with Gasteiger partial charge in [-0.15, -0.1) is 0 Å². The average molecular weight is 401 g/mol. The average Bonchev–Trinajstić information content (AvgIpc) is 3.46. The Morgan fingerprint density at radius 1 is 1.43 bits per heavy atom. The molecule has 1 unspecified atom stereocenters. The van der Waals surface area contributed by atoms with E-state index in [-0.39, 0.29) is 12.1 Å². The van der Waals surface area contributed by atoms with Gasteiger partial charge in [0.05, 0.1) is 18.9 Å². The number of amides is 2. The van der Waals surface area contributed by atoms with Gasteiger partial charge in [0.1, 0.15) is 4.88 Å². The van der Waals surface area contributed by atoms with Crippen molar-refractivity contribution in [3.8, 4) is 17.7 Å². The maximum absolute atomic E-state index is 12.1. The second kappa shape index (κ2) is 9.53. The number of aryl methyl sites for hydroxylation is 1. The van der Waals surface area contributed by atoms with Gasteiger partial charge in [0.2, 0.25) is 5.88 Å². The Kier molecular flexibility index (Phi) is 6.85. The highest BCUT2D eigenvalue weighted by molar-refractivity contribution is 7.16. The molecule has 148 valence electrons. The van der Waals surface area contributed by atoms with Crippen molar-refractivity contribution >= 4 is 22.5 Å². The van der Waals surface area contributed by atoms with Crippen molar-refractivity contribution in [1.29, 1.82) is 0 Å². The van der Waals surface area contributed by atoms with E-state index in [1.807, 2.05) is 19.9 Å². The predicted octanol–water partition coefficient (Wildman–Crippen LogP) is 3.19. The van der Waals surface area contributed by atoms with Crippen LogP contribution < -0.4 is 15.4 Å². The van der Waals surface area contributed by atoms with Gasteiger partial charge in [-0.25, -0.2) is 14.8 Å². The van der Waals surface area contributed by atoms with Gasteiger partial charge in [0.25, 0.3) is 0 Å². The zero-order valence-corrected chi connectivity index (χ0v) is 17.1. The highest BCUT2D eigenvalue weighted by atomic mass is 32.1. The van der Waals surface area contributed by atoms with E-state index in [4.69, 9.17) is 9.47 Å². The monoisotopic (exact) mass is 400 g/mol. The molecule has 0 spiro atoms. The minimum absolute atomic E-state index is 0.0110. The molecule has 7 nitrogen and oxygen atoms in total. The van der Waals surface area contributed by atoms with Crippen LogP contribution >= 0.6 is 11.3 Å². The first-order chi connectivity index (χ1) is 13.5. The molecule has 2 amide bonds. The number of anilines is 1. The molecule has 1 atom stereocenters.